The molecule has 2 atom stereocenters. The van der Waals surface area contributed by atoms with Crippen molar-refractivity contribution in [2.24, 2.45) is 5.92 Å². The minimum absolute atomic E-state index is 0.152. The summed E-state index contributed by atoms with van der Waals surface area (Å²) in [5.41, 5.74) is 0.644. The molecule has 19 heavy (non-hydrogen) atoms. The molecular formula is C13H11ClFNO3. The fourth-order valence-corrected chi connectivity index (χ4v) is 2.93. The van der Waals surface area contributed by atoms with Gasteiger partial charge in [-0.3, -0.25) is 4.79 Å². The van der Waals surface area contributed by atoms with Gasteiger partial charge in [0.1, 0.15) is 11.3 Å². The summed E-state index contributed by atoms with van der Waals surface area (Å²) in [6.07, 6.45) is 2.15. The molecule has 1 saturated carbocycles. The van der Waals surface area contributed by atoms with Crippen LogP contribution in [0.5, 0.6) is 0 Å². The quantitative estimate of drug-likeness (QED) is 0.915. The fourth-order valence-electron chi connectivity index (χ4n) is 2.69. The molecule has 1 fully saturated rings. The van der Waals surface area contributed by atoms with Gasteiger partial charge >= 0.3 is 5.97 Å². The molecule has 1 aliphatic rings. The third kappa shape index (κ3) is 2.08. The van der Waals surface area contributed by atoms with E-state index in [1.807, 2.05) is 0 Å². The maximum atomic E-state index is 13.2. The van der Waals surface area contributed by atoms with E-state index in [-0.39, 0.29) is 10.9 Å². The van der Waals surface area contributed by atoms with Gasteiger partial charge in [-0.2, -0.15) is 0 Å². The van der Waals surface area contributed by atoms with Crippen molar-refractivity contribution in [1.82, 2.24) is 4.98 Å². The number of carboxylic acids is 1. The lowest BCUT2D eigenvalue weighted by Crippen LogP contribution is -2.16. The summed E-state index contributed by atoms with van der Waals surface area (Å²) in [6.45, 7) is 0. The van der Waals surface area contributed by atoms with Crippen LogP contribution >= 0.6 is 11.6 Å². The van der Waals surface area contributed by atoms with Crippen LogP contribution in [0.4, 0.5) is 4.39 Å². The number of hydrogen-bond donors (Lipinski definition) is 1. The highest BCUT2D eigenvalue weighted by Gasteiger charge is 2.37. The van der Waals surface area contributed by atoms with Crippen LogP contribution in [0.2, 0.25) is 5.02 Å². The number of hydrogen-bond acceptors (Lipinski definition) is 3. The molecule has 4 nitrogen and oxygen atoms in total. The second kappa shape index (κ2) is 4.49. The Morgan fingerprint density at radius 1 is 1.47 bits per heavy atom. The zero-order valence-electron chi connectivity index (χ0n) is 9.90. The van der Waals surface area contributed by atoms with Gasteiger partial charge in [0.25, 0.3) is 0 Å². The summed E-state index contributed by atoms with van der Waals surface area (Å²) in [5, 5.41) is 9.31. The predicted molar refractivity (Wildman–Crippen MR) is 66.7 cm³/mol. The largest absolute Gasteiger partial charge is 0.481 e. The first-order valence-corrected chi connectivity index (χ1v) is 6.42. The Labute approximate surface area is 113 Å². The molecule has 6 heteroatoms. The van der Waals surface area contributed by atoms with Crippen LogP contribution in [0.15, 0.2) is 16.5 Å². The Bertz CT molecular complexity index is 655. The monoisotopic (exact) mass is 283 g/mol. The average Bonchev–Trinajstić information content (AvgIpc) is 2.92. The number of fused-ring (bicyclic) bond motifs is 1. The van der Waals surface area contributed by atoms with Crippen LogP contribution in [0, 0.1) is 11.7 Å². The van der Waals surface area contributed by atoms with E-state index in [9.17, 15) is 9.18 Å². The summed E-state index contributed by atoms with van der Waals surface area (Å²) in [6, 6.07) is 2.39. The van der Waals surface area contributed by atoms with E-state index in [4.69, 9.17) is 21.1 Å². The fraction of sp³-hybridized carbons (Fsp3) is 0.385. The molecule has 1 N–H and O–H groups in total. The van der Waals surface area contributed by atoms with Crippen molar-refractivity contribution in [3.05, 3.63) is 28.9 Å². The lowest BCUT2D eigenvalue weighted by molar-refractivity contribution is -0.142. The third-order valence-corrected chi connectivity index (χ3v) is 3.86. The zero-order valence-corrected chi connectivity index (χ0v) is 10.7. The summed E-state index contributed by atoms with van der Waals surface area (Å²) >= 11 is 5.89. The molecule has 1 aliphatic carbocycles. The van der Waals surface area contributed by atoms with Crippen molar-refractivity contribution in [3.8, 4) is 0 Å². The molecule has 0 spiro atoms. The van der Waals surface area contributed by atoms with Gasteiger partial charge in [-0.25, -0.2) is 9.37 Å². The number of carbonyl (C=O) groups is 1. The normalized spacial score (nSPS) is 23.1. The van der Waals surface area contributed by atoms with Gasteiger partial charge in [0.15, 0.2) is 11.5 Å². The maximum absolute atomic E-state index is 13.2. The van der Waals surface area contributed by atoms with Crippen molar-refractivity contribution < 1.29 is 18.7 Å². The third-order valence-electron chi connectivity index (χ3n) is 3.58. The van der Waals surface area contributed by atoms with Crippen LogP contribution in [-0.2, 0) is 4.79 Å². The molecule has 2 aromatic rings. The van der Waals surface area contributed by atoms with Gasteiger partial charge in [0, 0.05) is 12.0 Å². The molecule has 0 radical (unpaired) electrons. The number of halogens is 2. The molecule has 1 aromatic carbocycles. The van der Waals surface area contributed by atoms with E-state index in [2.05, 4.69) is 4.98 Å². The minimum Gasteiger partial charge on any atom is -0.481 e. The molecule has 100 valence electrons. The van der Waals surface area contributed by atoms with Crippen molar-refractivity contribution in [1.29, 1.82) is 0 Å². The van der Waals surface area contributed by atoms with Crippen molar-refractivity contribution >= 4 is 28.7 Å². The SMILES string of the molecule is O=C(O)C1CCCC1c1nc2cc(F)cc(Cl)c2o1. The predicted octanol–water partition coefficient (Wildman–Crippen LogP) is 3.59. The number of rotatable bonds is 2. The highest BCUT2D eigenvalue weighted by atomic mass is 35.5. The van der Waals surface area contributed by atoms with E-state index in [1.54, 1.807) is 0 Å². The summed E-state index contributed by atoms with van der Waals surface area (Å²) in [7, 11) is 0. The number of carboxylic acid groups (broad SMARTS) is 1. The van der Waals surface area contributed by atoms with Gasteiger partial charge in [0.05, 0.1) is 10.9 Å². The number of benzene rings is 1. The van der Waals surface area contributed by atoms with E-state index < -0.39 is 17.7 Å². The first kappa shape index (κ1) is 12.4. The number of aromatic nitrogens is 1. The zero-order chi connectivity index (χ0) is 13.6. The Kier molecular flexibility index (Phi) is 2.93. The highest BCUT2D eigenvalue weighted by molar-refractivity contribution is 6.34. The number of nitrogens with zero attached hydrogens (tertiary/aromatic N) is 1. The standard InChI is InChI=1S/C13H11ClFNO3/c14-9-4-6(15)5-10-11(9)19-12(16-10)7-2-1-3-8(7)13(17)18/h4-5,7-8H,1-3H2,(H,17,18). The summed E-state index contributed by atoms with van der Waals surface area (Å²) in [4.78, 5) is 15.4. The average molecular weight is 284 g/mol. The Morgan fingerprint density at radius 3 is 3.00 bits per heavy atom. The van der Waals surface area contributed by atoms with Crippen molar-refractivity contribution in [3.63, 3.8) is 0 Å². The van der Waals surface area contributed by atoms with Crippen LogP contribution < -0.4 is 0 Å². The van der Waals surface area contributed by atoms with Crippen molar-refractivity contribution in [2.75, 3.05) is 0 Å². The van der Waals surface area contributed by atoms with E-state index in [0.717, 1.165) is 12.5 Å². The molecule has 0 bridgehead atoms. The first-order valence-electron chi connectivity index (χ1n) is 6.04. The van der Waals surface area contributed by atoms with Crippen molar-refractivity contribution in [2.45, 2.75) is 25.2 Å². The lowest BCUT2D eigenvalue weighted by Gasteiger charge is -2.10. The molecular weight excluding hydrogens is 273 g/mol. The second-order valence-corrected chi connectivity index (χ2v) is 5.18. The van der Waals surface area contributed by atoms with Gasteiger partial charge in [-0.05, 0) is 18.9 Å². The smallest absolute Gasteiger partial charge is 0.307 e. The first-order chi connectivity index (χ1) is 9.06. The molecule has 0 amide bonds. The van der Waals surface area contributed by atoms with Crippen LogP contribution in [-0.4, -0.2) is 16.1 Å². The summed E-state index contributed by atoms with van der Waals surface area (Å²) in [5.74, 6) is -1.74. The lowest BCUT2D eigenvalue weighted by atomic mass is 9.96. The molecule has 0 saturated heterocycles. The summed E-state index contributed by atoms with van der Waals surface area (Å²) < 4.78 is 18.8. The molecule has 0 aliphatic heterocycles. The van der Waals surface area contributed by atoms with Crippen LogP contribution in [0.1, 0.15) is 31.1 Å². The molecule has 1 heterocycles. The molecule has 1 aromatic heterocycles. The minimum atomic E-state index is -0.845. The maximum Gasteiger partial charge on any atom is 0.307 e. The number of aliphatic carboxylic acids is 1. The van der Waals surface area contributed by atoms with Gasteiger partial charge < -0.3 is 9.52 Å². The Hall–Kier alpha value is -1.62. The molecule has 3 rings (SSSR count). The van der Waals surface area contributed by atoms with Crippen LogP contribution in [0.3, 0.4) is 0 Å². The topological polar surface area (TPSA) is 63.3 Å². The van der Waals surface area contributed by atoms with E-state index >= 15 is 0 Å². The number of oxazole rings is 1. The molecule has 2 unspecified atom stereocenters. The Morgan fingerprint density at radius 2 is 2.26 bits per heavy atom. The second-order valence-electron chi connectivity index (χ2n) is 4.77. The Balaban J connectivity index is 2.06. The van der Waals surface area contributed by atoms with Gasteiger partial charge in [0.2, 0.25) is 0 Å². The van der Waals surface area contributed by atoms with E-state index in [0.29, 0.717) is 29.8 Å². The van der Waals surface area contributed by atoms with Gasteiger partial charge in [-0.15, -0.1) is 0 Å². The van der Waals surface area contributed by atoms with Gasteiger partial charge in [-0.1, -0.05) is 18.0 Å². The van der Waals surface area contributed by atoms with E-state index in [1.165, 1.54) is 6.07 Å². The highest BCUT2D eigenvalue weighted by Crippen LogP contribution is 2.41. The van der Waals surface area contributed by atoms with Crippen LogP contribution in [0.25, 0.3) is 11.1 Å².